The minimum atomic E-state index is -0.968. The van der Waals surface area contributed by atoms with Crippen molar-refractivity contribution in [2.75, 3.05) is 13.2 Å². The summed E-state index contributed by atoms with van der Waals surface area (Å²) in [4.78, 5) is 11.1. The molecule has 2 unspecified atom stereocenters. The Balaban J connectivity index is 1.74. The third kappa shape index (κ3) is 4.74. The summed E-state index contributed by atoms with van der Waals surface area (Å²) in [6.07, 6.45) is 6.39. The molecule has 4 nitrogen and oxygen atoms in total. The van der Waals surface area contributed by atoms with Crippen molar-refractivity contribution in [3.05, 3.63) is 29.8 Å². The van der Waals surface area contributed by atoms with Gasteiger partial charge in [0.25, 0.3) is 0 Å². The summed E-state index contributed by atoms with van der Waals surface area (Å²) < 4.78 is 11.4. The van der Waals surface area contributed by atoms with Gasteiger partial charge in [-0.25, -0.2) is 4.79 Å². The van der Waals surface area contributed by atoms with Crippen LogP contribution in [-0.2, 0) is 4.74 Å². The normalized spacial score (nSPS) is 22.0. The highest BCUT2D eigenvalue weighted by Gasteiger charge is 2.21. The minimum absolute atomic E-state index is 0.196. The minimum Gasteiger partial charge on any atom is -0.490 e. The van der Waals surface area contributed by atoms with Gasteiger partial charge in [0.05, 0.1) is 12.7 Å². The van der Waals surface area contributed by atoms with Gasteiger partial charge in [-0.15, -0.1) is 0 Å². The molecule has 1 aromatic carbocycles. The van der Waals surface area contributed by atoms with Crippen LogP contribution in [0.5, 0.6) is 5.75 Å². The first-order valence-corrected chi connectivity index (χ1v) is 7.77. The van der Waals surface area contributed by atoms with Gasteiger partial charge in [-0.2, -0.15) is 0 Å². The molecule has 2 rings (SSSR count). The topological polar surface area (TPSA) is 55.8 Å². The Labute approximate surface area is 126 Å². The van der Waals surface area contributed by atoms with Crippen LogP contribution >= 0.6 is 0 Å². The summed E-state index contributed by atoms with van der Waals surface area (Å²) in [6.45, 7) is 3.13. The van der Waals surface area contributed by atoms with E-state index in [1.54, 1.807) is 24.3 Å². The maximum absolute atomic E-state index is 11.1. The number of hydrogen-bond acceptors (Lipinski definition) is 3. The van der Waals surface area contributed by atoms with Crippen LogP contribution in [0.3, 0.4) is 0 Å². The molecule has 0 heterocycles. The van der Waals surface area contributed by atoms with Gasteiger partial charge < -0.3 is 14.6 Å². The number of rotatable bonds is 7. The van der Waals surface area contributed by atoms with Gasteiger partial charge in [-0.05, 0) is 30.9 Å². The van der Waals surface area contributed by atoms with Gasteiger partial charge >= 0.3 is 5.97 Å². The Kier molecular flexibility index (Phi) is 6.05. The van der Waals surface area contributed by atoms with E-state index < -0.39 is 5.97 Å². The molecule has 0 saturated heterocycles. The molecular weight excluding hydrogens is 268 g/mol. The summed E-state index contributed by atoms with van der Waals surface area (Å²) in [7, 11) is 0. The molecule has 0 aromatic heterocycles. The van der Waals surface area contributed by atoms with E-state index in [-0.39, 0.29) is 5.56 Å². The fourth-order valence-corrected chi connectivity index (χ4v) is 2.90. The maximum atomic E-state index is 11.1. The summed E-state index contributed by atoms with van der Waals surface area (Å²) in [5.41, 5.74) is 0.196. The Morgan fingerprint density at radius 3 is 2.86 bits per heavy atom. The van der Waals surface area contributed by atoms with Gasteiger partial charge in [0, 0.05) is 0 Å². The fraction of sp³-hybridized carbons (Fsp3) is 0.588. The zero-order valence-corrected chi connectivity index (χ0v) is 12.6. The fourth-order valence-electron chi connectivity index (χ4n) is 2.90. The molecule has 0 aliphatic heterocycles. The molecular formula is C17H24O4. The zero-order chi connectivity index (χ0) is 15.1. The highest BCUT2D eigenvalue weighted by Crippen LogP contribution is 2.28. The van der Waals surface area contributed by atoms with Crippen LogP contribution in [0, 0.1) is 5.92 Å². The van der Waals surface area contributed by atoms with E-state index in [0.717, 1.165) is 18.8 Å². The smallest absolute Gasteiger partial charge is 0.339 e. The van der Waals surface area contributed by atoms with Crippen molar-refractivity contribution in [2.45, 2.75) is 45.1 Å². The highest BCUT2D eigenvalue weighted by molar-refractivity contribution is 5.90. The molecule has 1 aliphatic carbocycles. The van der Waals surface area contributed by atoms with Crippen molar-refractivity contribution in [1.82, 2.24) is 0 Å². The quantitative estimate of drug-likeness (QED) is 0.778. The van der Waals surface area contributed by atoms with Crippen LogP contribution < -0.4 is 4.74 Å². The molecule has 0 radical (unpaired) electrons. The lowest BCUT2D eigenvalue weighted by Crippen LogP contribution is -2.24. The molecule has 0 spiro atoms. The predicted molar refractivity (Wildman–Crippen MR) is 80.9 cm³/mol. The first-order chi connectivity index (χ1) is 10.2. The van der Waals surface area contributed by atoms with E-state index in [0.29, 0.717) is 25.1 Å². The van der Waals surface area contributed by atoms with Gasteiger partial charge in [0.2, 0.25) is 0 Å². The Morgan fingerprint density at radius 1 is 1.29 bits per heavy atom. The van der Waals surface area contributed by atoms with Crippen LogP contribution in [-0.4, -0.2) is 30.4 Å². The molecule has 21 heavy (non-hydrogen) atoms. The Bertz CT molecular complexity index is 458. The van der Waals surface area contributed by atoms with Crippen LogP contribution in [0.4, 0.5) is 0 Å². The molecule has 1 aromatic rings. The van der Waals surface area contributed by atoms with Gasteiger partial charge in [-0.3, -0.25) is 0 Å². The lowest BCUT2D eigenvalue weighted by molar-refractivity contribution is -0.000840. The highest BCUT2D eigenvalue weighted by atomic mass is 16.5. The molecule has 116 valence electrons. The molecule has 4 heteroatoms. The lowest BCUT2D eigenvalue weighted by atomic mass is 9.85. The molecule has 1 aliphatic rings. The second-order valence-corrected chi connectivity index (χ2v) is 5.58. The average Bonchev–Trinajstić information content (AvgIpc) is 2.52. The van der Waals surface area contributed by atoms with Gasteiger partial charge in [-0.1, -0.05) is 38.3 Å². The predicted octanol–water partition coefficient (Wildman–Crippen LogP) is 3.75. The van der Waals surface area contributed by atoms with Gasteiger partial charge in [0.1, 0.15) is 17.9 Å². The summed E-state index contributed by atoms with van der Waals surface area (Å²) in [6, 6.07) is 6.69. The van der Waals surface area contributed by atoms with Crippen LogP contribution in [0.2, 0.25) is 0 Å². The Hall–Kier alpha value is -1.55. The number of carbonyl (C=O) groups is 1. The van der Waals surface area contributed by atoms with E-state index in [9.17, 15) is 4.79 Å². The van der Waals surface area contributed by atoms with E-state index in [2.05, 4.69) is 6.92 Å². The molecule has 2 atom stereocenters. The second kappa shape index (κ2) is 8.03. The average molecular weight is 292 g/mol. The summed E-state index contributed by atoms with van der Waals surface area (Å²) >= 11 is 0. The van der Waals surface area contributed by atoms with Crippen LogP contribution in [0.1, 0.15) is 49.4 Å². The number of carboxylic acids is 1. The molecule has 0 amide bonds. The number of carboxylic acid groups (broad SMARTS) is 1. The molecule has 0 bridgehead atoms. The first kappa shape index (κ1) is 15.8. The zero-order valence-electron chi connectivity index (χ0n) is 12.6. The van der Waals surface area contributed by atoms with E-state index >= 15 is 0 Å². The van der Waals surface area contributed by atoms with Crippen LogP contribution in [0.15, 0.2) is 24.3 Å². The van der Waals surface area contributed by atoms with Crippen molar-refractivity contribution >= 4 is 5.97 Å². The van der Waals surface area contributed by atoms with Crippen molar-refractivity contribution in [3.63, 3.8) is 0 Å². The second-order valence-electron chi connectivity index (χ2n) is 5.58. The third-order valence-corrected chi connectivity index (χ3v) is 4.12. The lowest BCUT2D eigenvalue weighted by Gasteiger charge is -2.28. The molecule has 1 saturated carbocycles. The van der Waals surface area contributed by atoms with E-state index in [4.69, 9.17) is 14.6 Å². The number of aromatic carboxylic acids is 1. The summed E-state index contributed by atoms with van der Waals surface area (Å²) in [5, 5.41) is 9.07. The first-order valence-electron chi connectivity index (χ1n) is 7.77. The number of ether oxygens (including phenoxy) is 2. The summed E-state index contributed by atoms with van der Waals surface area (Å²) in [5.74, 6) is 0.227. The third-order valence-electron chi connectivity index (χ3n) is 4.12. The van der Waals surface area contributed by atoms with E-state index in [1.807, 2.05) is 0 Å². The van der Waals surface area contributed by atoms with Crippen molar-refractivity contribution in [3.8, 4) is 5.75 Å². The number of para-hydroxylation sites is 1. The maximum Gasteiger partial charge on any atom is 0.339 e. The SMILES string of the molecule is CCC1CCCC(OCCOc2ccccc2C(=O)O)C1. The largest absolute Gasteiger partial charge is 0.490 e. The molecule has 1 N–H and O–H groups in total. The number of hydrogen-bond donors (Lipinski definition) is 1. The number of benzene rings is 1. The van der Waals surface area contributed by atoms with Gasteiger partial charge in [0.15, 0.2) is 0 Å². The van der Waals surface area contributed by atoms with Crippen molar-refractivity contribution in [2.24, 2.45) is 5.92 Å². The standard InChI is InChI=1S/C17H24O4/c1-2-13-6-5-7-14(12-13)20-10-11-21-16-9-4-3-8-15(16)17(18)19/h3-4,8-9,13-14H,2,5-7,10-12H2,1H3,(H,18,19). The van der Waals surface area contributed by atoms with Crippen molar-refractivity contribution < 1.29 is 19.4 Å². The Morgan fingerprint density at radius 2 is 2.10 bits per heavy atom. The monoisotopic (exact) mass is 292 g/mol. The van der Waals surface area contributed by atoms with E-state index in [1.165, 1.54) is 19.3 Å². The van der Waals surface area contributed by atoms with Crippen molar-refractivity contribution in [1.29, 1.82) is 0 Å². The van der Waals surface area contributed by atoms with Crippen LogP contribution in [0.25, 0.3) is 0 Å². The molecule has 1 fully saturated rings.